The molecule has 17 heavy (non-hydrogen) atoms. The molecule has 1 aromatic rings. The fourth-order valence-electron chi connectivity index (χ4n) is 1.76. The van der Waals surface area contributed by atoms with Crippen molar-refractivity contribution in [2.75, 3.05) is 12.3 Å². The average Bonchev–Trinajstić information content (AvgIpc) is 2.27. The predicted molar refractivity (Wildman–Crippen MR) is 79.0 cm³/mol. The van der Waals surface area contributed by atoms with E-state index in [1.54, 1.807) is 0 Å². The second-order valence-electron chi connectivity index (χ2n) is 4.92. The van der Waals surface area contributed by atoms with Crippen LogP contribution in [0.1, 0.15) is 38.7 Å². The third kappa shape index (κ3) is 6.08. The summed E-state index contributed by atoms with van der Waals surface area (Å²) in [6.07, 6.45) is 3.88. The summed E-state index contributed by atoms with van der Waals surface area (Å²) < 4.78 is 1.13. The molecule has 0 aliphatic carbocycles. The van der Waals surface area contributed by atoms with Gasteiger partial charge in [0.1, 0.15) is 0 Å². The summed E-state index contributed by atoms with van der Waals surface area (Å²) in [4.78, 5) is 0. The molecule has 0 unspecified atom stereocenters. The van der Waals surface area contributed by atoms with Crippen molar-refractivity contribution < 1.29 is 0 Å². The number of hydrogen-bond donors (Lipinski definition) is 2. The van der Waals surface area contributed by atoms with Crippen molar-refractivity contribution in [1.82, 2.24) is 5.32 Å². The molecule has 0 bridgehead atoms. The third-order valence-electron chi connectivity index (χ3n) is 2.77. The highest BCUT2D eigenvalue weighted by molar-refractivity contribution is 9.10. The van der Waals surface area contributed by atoms with E-state index in [2.05, 4.69) is 35.1 Å². The molecule has 0 atom stereocenters. The lowest BCUT2D eigenvalue weighted by molar-refractivity contribution is 0.520. The predicted octanol–water partition coefficient (Wildman–Crippen LogP) is 3.95. The number of nitrogen functional groups attached to an aromatic ring is 1. The van der Waals surface area contributed by atoms with E-state index < -0.39 is 0 Å². The van der Waals surface area contributed by atoms with Gasteiger partial charge in [0.25, 0.3) is 0 Å². The van der Waals surface area contributed by atoms with Gasteiger partial charge in [0, 0.05) is 16.7 Å². The minimum absolute atomic E-state index is 0.818. The van der Waals surface area contributed by atoms with Gasteiger partial charge in [0.15, 0.2) is 0 Å². The molecular formula is C14H23BrN2. The molecule has 0 aliphatic rings. The summed E-state index contributed by atoms with van der Waals surface area (Å²) in [5.41, 5.74) is 7.82. The smallest absolute Gasteiger partial charge is 0.0318 e. The Morgan fingerprint density at radius 3 is 2.76 bits per heavy atom. The van der Waals surface area contributed by atoms with Gasteiger partial charge in [0.2, 0.25) is 0 Å². The second-order valence-corrected chi connectivity index (χ2v) is 5.77. The molecule has 96 valence electrons. The van der Waals surface area contributed by atoms with Crippen LogP contribution in [0.15, 0.2) is 22.7 Å². The Hall–Kier alpha value is -0.540. The van der Waals surface area contributed by atoms with E-state index in [0.29, 0.717) is 0 Å². The lowest BCUT2D eigenvalue weighted by Gasteiger charge is -2.08. The molecule has 3 N–H and O–H groups in total. The van der Waals surface area contributed by atoms with Crippen LogP contribution >= 0.6 is 15.9 Å². The van der Waals surface area contributed by atoms with Crippen LogP contribution in [0.3, 0.4) is 0 Å². The van der Waals surface area contributed by atoms with Crippen molar-refractivity contribution in [1.29, 1.82) is 0 Å². The van der Waals surface area contributed by atoms with Crippen LogP contribution in [0, 0.1) is 5.92 Å². The topological polar surface area (TPSA) is 38.0 Å². The SMILES string of the molecule is CC(C)CCCCNCc1cc(N)ccc1Br. The Kier molecular flexibility index (Phi) is 6.60. The zero-order valence-corrected chi connectivity index (χ0v) is 12.4. The van der Waals surface area contributed by atoms with Gasteiger partial charge >= 0.3 is 0 Å². The number of nitrogens with one attached hydrogen (secondary N) is 1. The van der Waals surface area contributed by atoms with E-state index in [1.807, 2.05) is 18.2 Å². The zero-order chi connectivity index (χ0) is 12.7. The number of rotatable bonds is 7. The number of halogens is 1. The van der Waals surface area contributed by atoms with Crippen LogP contribution in [0.25, 0.3) is 0 Å². The Labute approximate surface area is 113 Å². The van der Waals surface area contributed by atoms with E-state index in [4.69, 9.17) is 5.73 Å². The quantitative estimate of drug-likeness (QED) is 0.591. The Bertz CT molecular complexity index is 337. The van der Waals surface area contributed by atoms with Crippen LogP contribution in [0.4, 0.5) is 5.69 Å². The molecule has 0 aliphatic heterocycles. The standard InChI is InChI=1S/C14H23BrN2/c1-11(2)5-3-4-8-17-10-12-9-13(16)6-7-14(12)15/h6-7,9,11,17H,3-5,8,10,16H2,1-2H3. The van der Waals surface area contributed by atoms with Crippen molar-refractivity contribution in [2.45, 2.75) is 39.7 Å². The number of hydrogen-bond acceptors (Lipinski definition) is 2. The Morgan fingerprint density at radius 2 is 2.06 bits per heavy atom. The molecular weight excluding hydrogens is 276 g/mol. The molecule has 0 heterocycles. The van der Waals surface area contributed by atoms with E-state index >= 15 is 0 Å². The summed E-state index contributed by atoms with van der Waals surface area (Å²) in [7, 11) is 0. The number of unbranched alkanes of at least 4 members (excludes halogenated alkanes) is 1. The fraction of sp³-hybridized carbons (Fsp3) is 0.571. The van der Waals surface area contributed by atoms with Gasteiger partial charge in [-0.05, 0) is 42.6 Å². The monoisotopic (exact) mass is 298 g/mol. The van der Waals surface area contributed by atoms with Gasteiger partial charge in [0.05, 0.1) is 0 Å². The van der Waals surface area contributed by atoms with Gasteiger partial charge in [-0.15, -0.1) is 0 Å². The summed E-state index contributed by atoms with van der Waals surface area (Å²) in [6, 6.07) is 5.94. The van der Waals surface area contributed by atoms with Crippen LogP contribution in [-0.4, -0.2) is 6.54 Å². The molecule has 0 saturated carbocycles. The van der Waals surface area contributed by atoms with Crippen molar-refractivity contribution in [3.05, 3.63) is 28.2 Å². The molecule has 1 rings (SSSR count). The average molecular weight is 299 g/mol. The van der Waals surface area contributed by atoms with Crippen molar-refractivity contribution >= 4 is 21.6 Å². The third-order valence-corrected chi connectivity index (χ3v) is 3.54. The van der Waals surface area contributed by atoms with Crippen LogP contribution in [-0.2, 0) is 6.54 Å². The van der Waals surface area contributed by atoms with Crippen LogP contribution < -0.4 is 11.1 Å². The maximum atomic E-state index is 5.76. The maximum absolute atomic E-state index is 5.76. The molecule has 1 aromatic carbocycles. The number of anilines is 1. The number of nitrogens with two attached hydrogens (primary N) is 1. The zero-order valence-electron chi connectivity index (χ0n) is 10.8. The first-order valence-electron chi connectivity index (χ1n) is 6.34. The van der Waals surface area contributed by atoms with Crippen molar-refractivity contribution in [2.24, 2.45) is 5.92 Å². The fourth-order valence-corrected chi connectivity index (χ4v) is 2.14. The lowest BCUT2D eigenvalue weighted by Crippen LogP contribution is -2.15. The summed E-state index contributed by atoms with van der Waals surface area (Å²) in [5.74, 6) is 0.818. The molecule has 3 heteroatoms. The van der Waals surface area contributed by atoms with Crippen molar-refractivity contribution in [3.63, 3.8) is 0 Å². The molecule has 0 amide bonds. The van der Waals surface area contributed by atoms with Gasteiger partial charge in [-0.3, -0.25) is 0 Å². The lowest BCUT2D eigenvalue weighted by atomic mass is 10.1. The molecule has 0 spiro atoms. The first-order chi connectivity index (χ1) is 8.09. The summed E-state index contributed by atoms with van der Waals surface area (Å²) in [6.45, 7) is 6.51. The van der Waals surface area contributed by atoms with Crippen molar-refractivity contribution in [3.8, 4) is 0 Å². The van der Waals surface area contributed by atoms with E-state index in [9.17, 15) is 0 Å². The van der Waals surface area contributed by atoms with E-state index in [1.165, 1.54) is 24.8 Å². The minimum atomic E-state index is 0.818. The molecule has 0 aromatic heterocycles. The largest absolute Gasteiger partial charge is 0.399 e. The van der Waals surface area contributed by atoms with E-state index in [-0.39, 0.29) is 0 Å². The first-order valence-corrected chi connectivity index (χ1v) is 7.13. The maximum Gasteiger partial charge on any atom is 0.0318 e. The highest BCUT2D eigenvalue weighted by atomic mass is 79.9. The van der Waals surface area contributed by atoms with Crippen LogP contribution in [0.5, 0.6) is 0 Å². The molecule has 0 radical (unpaired) electrons. The molecule has 2 nitrogen and oxygen atoms in total. The van der Waals surface area contributed by atoms with Gasteiger partial charge in [-0.1, -0.05) is 42.6 Å². The van der Waals surface area contributed by atoms with Gasteiger partial charge in [-0.2, -0.15) is 0 Å². The Morgan fingerprint density at radius 1 is 1.29 bits per heavy atom. The van der Waals surface area contributed by atoms with Crippen LogP contribution in [0.2, 0.25) is 0 Å². The summed E-state index contributed by atoms with van der Waals surface area (Å²) in [5, 5.41) is 3.46. The summed E-state index contributed by atoms with van der Waals surface area (Å²) >= 11 is 3.54. The van der Waals surface area contributed by atoms with Gasteiger partial charge < -0.3 is 11.1 Å². The second kappa shape index (κ2) is 7.72. The van der Waals surface area contributed by atoms with Gasteiger partial charge in [-0.25, -0.2) is 0 Å². The highest BCUT2D eigenvalue weighted by Gasteiger charge is 2.00. The Balaban J connectivity index is 2.20. The molecule has 0 fully saturated rings. The first kappa shape index (κ1) is 14.5. The minimum Gasteiger partial charge on any atom is -0.399 e. The number of benzene rings is 1. The molecule has 0 saturated heterocycles. The highest BCUT2D eigenvalue weighted by Crippen LogP contribution is 2.19. The normalized spacial score (nSPS) is 11.1. The van der Waals surface area contributed by atoms with E-state index in [0.717, 1.165) is 29.2 Å².